The topological polar surface area (TPSA) is 83.7 Å². The molecule has 2 aliphatic heterocycles. The van der Waals surface area contributed by atoms with Gasteiger partial charge in [0.25, 0.3) is 0 Å². The lowest BCUT2D eigenvalue weighted by Gasteiger charge is -2.46. The van der Waals surface area contributed by atoms with Crippen LogP contribution in [0.15, 0.2) is 23.1 Å². The third-order valence-electron chi connectivity index (χ3n) is 5.39. The maximum absolute atomic E-state index is 12.7. The van der Waals surface area contributed by atoms with Gasteiger partial charge < -0.3 is 5.73 Å². The number of piperidine rings is 1. The lowest BCUT2D eigenvalue weighted by molar-refractivity contribution is -0.123. The highest BCUT2D eigenvalue weighted by atomic mass is 32.2. The van der Waals surface area contributed by atoms with Crippen molar-refractivity contribution >= 4 is 15.9 Å². The molecule has 6 nitrogen and oxygen atoms in total. The Morgan fingerprint density at radius 2 is 1.75 bits per heavy atom. The summed E-state index contributed by atoms with van der Waals surface area (Å²) in [5.41, 5.74) is 7.43. The van der Waals surface area contributed by atoms with E-state index in [1.807, 2.05) is 19.9 Å². The van der Waals surface area contributed by atoms with E-state index in [4.69, 9.17) is 5.73 Å². The Kier molecular flexibility index (Phi) is 4.68. The second-order valence-corrected chi connectivity index (χ2v) is 8.87. The standard InChI is InChI=1S/C17H25N3O3S/c1-12-3-4-16(9-13(12)2)24(22,23)20-10-15(11-20)19-7-5-14(6-8-19)17(18)21/h3-4,9,14-15H,5-8,10-11H2,1-2H3,(H2,18,21). The summed E-state index contributed by atoms with van der Waals surface area (Å²) in [6.45, 7) is 6.58. The SMILES string of the molecule is Cc1ccc(S(=O)(=O)N2CC(N3CCC(C(N)=O)CC3)C2)cc1C. The summed E-state index contributed by atoms with van der Waals surface area (Å²) in [4.78, 5) is 13.9. The molecule has 2 saturated heterocycles. The van der Waals surface area contributed by atoms with Crippen molar-refractivity contribution in [2.45, 2.75) is 37.6 Å². The zero-order valence-corrected chi connectivity index (χ0v) is 15.1. The third-order valence-corrected chi connectivity index (χ3v) is 7.22. The van der Waals surface area contributed by atoms with Crippen LogP contribution in [-0.2, 0) is 14.8 Å². The number of carbonyl (C=O) groups is 1. The van der Waals surface area contributed by atoms with Crippen LogP contribution in [0.5, 0.6) is 0 Å². The highest BCUT2D eigenvalue weighted by Gasteiger charge is 2.40. The summed E-state index contributed by atoms with van der Waals surface area (Å²) >= 11 is 0. The first-order valence-electron chi connectivity index (χ1n) is 8.40. The van der Waals surface area contributed by atoms with E-state index in [-0.39, 0.29) is 17.9 Å². The maximum Gasteiger partial charge on any atom is 0.243 e. The molecule has 2 fully saturated rings. The molecule has 0 unspecified atom stereocenters. The summed E-state index contributed by atoms with van der Waals surface area (Å²) in [6, 6.07) is 5.54. The smallest absolute Gasteiger partial charge is 0.243 e. The van der Waals surface area contributed by atoms with Crippen LogP contribution >= 0.6 is 0 Å². The van der Waals surface area contributed by atoms with Gasteiger partial charge in [-0.15, -0.1) is 0 Å². The molecule has 24 heavy (non-hydrogen) atoms. The van der Waals surface area contributed by atoms with E-state index in [0.717, 1.165) is 37.1 Å². The number of primary amides is 1. The molecule has 132 valence electrons. The fourth-order valence-corrected chi connectivity index (χ4v) is 5.02. The van der Waals surface area contributed by atoms with Crippen LogP contribution in [0.3, 0.4) is 0 Å². The predicted molar refractivity (Wildman–Crippen MR) is 92.0 cm³/mol. The molecule has 2 heterocycles. The Hall–Kier alpha value is -1.44. The van der Waals surface area contributed by atoms with E-state index in [1.165, 1.54) is 0 Å². The van der Waals surface area contributed by atoms with Gasteiger partial charge in [0.05, 0.1) is 4.90 Å². The van der Waals surface area contributed by atoms with Crippen molar-refractivity contribution in [2.24, 2.45) is 11.7 Å². The normalized spacial score (nSPS) is 21.6. The number of amides is 1. The molecular formula is C17H25N3O3S. The third kappa shape index (κ3) is 3.20. The molecule has 7 heteroatoms. The van der Waals surface area contributed by atoms with E-state index in [2.05, 4.69) is 4.90 Å². The average molecular weight is 351 g/mol. The van der Waals surface area contributed by atoms with Gasteiger partial charge in [-0.1, -0.05) is 6.07 Å². The number of nitrogens with zero attached hydrogens (tertiary/aromatic N) is 2. The van der Waals surface area contributed by atoms with Crippen molar-refractivity contribution in [1.29, 1.82) is 0 Å². The lowest BCUT2D eigenvalue weighted by atomic mass is 9.94. The van der Waals surface area contributed by atoms with Crippen LogP contribution in [0, 0.1) is 19.8 Å². The van der Waals surface area contributed by atoms with Gasteiger partial charge in [-0.05, 0) is 63.0 Å². The molecule has 2 N–H and O–H groups in total. The first-order chi connectivity index (χ1) is 11.3. The first-order valence-corrected chi connectivity index (χ1v) is 9.84. The largest absolute Gasteiger partial charge is 0.369 e. The van der Waals surface area contributed by atoms with Gasteiger partial charge in [0.2, 0.25) is 15.9 Å². The van der Waals surface area contributed by atoms with Gasteiger partial charge in [-0.25, -0.2) is 8.42 Å². The number of benzene rings is 1. The fourth-order valence-electron chi connectivity index (χ4n) is 3.42. The molecule has 1 aromatic rings. The molecular weight excluding hydrogens is 326 g/mol. The predicted octanol–water partition coefficient (Wildman–Crippen LogP) is 0.874. The number of likely N-dealkylation sites (tertiary alicyclic amines) is 1. The van der Waals surface area contributed by atoms with Crippen LogP contribution in [0.2, 0.25) is 0 Å². The highest BCUT2D eigenvalue weighted by molar-refractivity contribution is 7.89. The minimum Gasteiger partial charge on any atom is -0.369 e. The average Bonchev–Trinajstić information content (AvgIpc) is 2.48. The van der Waals surface area contributed by atoms with Crippen molar-refractivity contribution in [1.82, 2.24) is 9.21 Å². The van der Waals surface area contributed by atoms with Crippen LogP contribution in [0.25, 0.3) is 0 Å². The summed E-state index contributed by atoms with van der Waals surface area (Å²) in [5.74, 6) is -0.251. The molecule has 1 aromatic carbocycles. The number of sulfonamides is 1. The molecule has 0 atom stereocenters. The quantitative estimate of drug-likeness (QED) is 0.873. The van der Waals surface area contributed by atoms with Crippen molar-refractivity contribution in [2.75, 3.05) is 26.2 Å². The molecule has 1 amide bonds. The number of carbonyl (C=O) groups excluding carboxylic acids is 1. The number of hydrogen-bond acceptors (Lipinski definition) is 4. The Balaban J connectivity index is 1.60. The highest BCUT2D eigenvalue weighted by Crippen LogP contribution is 2.28. The van der Waals surface area contributed by atoms with Crippen LogP contribution < -0.4 is 5.73 Å². The fraction of sp³-hybridized carbons (Fsp3) is 0.588. The second kappa shape index (κ2) is 6.46. The van der Waals surface area contributed by atoms with Gasteiger partial charge in [-0.2, -0.15) is 4.31 Å². The van der Waals surface area contributed by atoms with Gasteiger partial charge in [0.15, 0.2) is 0 Å². The maximum atomic E-state index is 12.7. The van der Waals surface area contributed by atoms with Gasteiger partial charge in [0.1, 0.15) is 0 Å². The second-order valence-electron chi connectivity index (χ2n) is 6.93. The molecule has 0 radical (unpaired) electrons. The number of nitrogens with two attached hydrogens (primary N) is 1. The van der Waals surface area contributed by atoms with Crippen LogP contribution in [0.4, 0.5) is 0 Å². The van der Waals surface area contributed by atoms with E-state index in [1.54, 1.807) is 16.4 Å². The summed E-state index contributed by atoms with van der Waals surface area (Å²) in [7, 11) is -3.40. The minimum atomic E-state index is -3.40. The van der Waals surface area contributed by atoms with E-state index >= 15 is 0 Å². The lowest BCUT2D eigenvalue weighted by Crippen LogP contribution is -2.62. The molecule has 0 bridgehead atoms. The Morgan fingerprint density at radius 3 is 2.29 bits per heavy atom. The van der Waals surface area contributed by atoms with Crippen LogP contribution in [-0.4, -0.2) is 55.8 Å². The summed E-state index contributed by atoms with van der Waals surface area (Å²) < 4.78 is 26.9. The number of aryl methyl sites for hydroxylation is 2. The number of rotatable bonds is 4. The van der Waals surface area contributed by atoms with E-state index in [9.17, 15) is 13.2 Å². The monoisotopic (exact) mass is 351 g/mol. The van der Waals surface area contributed by atoms with Crippen molar-refractivity contribution in [3.8, 4) is 0 Å². The first kappa shape index (κ1) is 17.4. The van der Waals surface area contributed by atoms with Crippen molar-refractivity contribution < 1.29 is 13.2 Å². The van der Waals surface area contributed by atoms with Gasteiger partial charge >= 0.3 is 0 Å². The van der Waals surface area contributed by atoms with E-state index < -0.39 is 10.0 Å². The van der Waals surface area contributed by atoms with Crippen LogP contribution in [0.1, 0.15) is 24.0 Å². The summed E-state index contributed by atoms with van der Waals surface area (Å²) in [6.07, 6.45) is 1.55. The molecule has 0 aliphatic carbocycles. The molecule has 0 spiro atoms. The molecule has 3 rings (SSSR count). The Labute approximate surface area is 143 Å². The zero-order valence-electron chi connectivity index (χ0n) is 14.2. The van der Waals surface area contributed by atoms with Crippen molar-refractivity contribution in [3.05, 3.63) is 29.3 Å². The van der Waals surface area contributed by atoms with Gasteiger partial charge in [0, 0.05) is 25.0 Å². The Bertz CT molecular complexity index is 733. The van der Waals surface area contributed by atoms with Gasteiger partial charge in [-0.3, -0.25) is 9.69 Å². The number of hydrogen-bond donors (Lipinski definition) is 1. The zero-order chi connectivity index (χ0) is 17.5. The van der Waals surface area contributed by atoms with E-state index in [0.29, 0.717) is 18.0 Å². The summed E-state index contributed by atoms with van der Waals surface area (Å²) in [5, 5.41) is 0. The molecule has 0 saturated carbocycles. The molecule has 0 aromatic heterocycles. The molecule has 2 aliphatic rings. The van der Waals surface area contributed by atoms with Crippen molar-refractivity contribution in [3.63, 3.8) is 0 Å². The Morgan fingerprint density at radius 1 is 1.12 bits per heavy atom. The minimum absolute atomic E-state index is 0.0308.